The maximum atomic E-state index is 13.7. The Hall–Kier alpha value is -1.96. The number of nitro groups is 1. The molecule has 1 fully saturated rings. The molecule has 0 spiro atoms. The van der Waals surface area contributed by atoms with Gasteiger partial charge >= 0.3 is 5.69 Å². The lowest BCUT2D eigenvalue weighted by Crippen LogP contribution is -2.39. The minimum Gasteiger partial charge on any atom is -0.370 e. The summed E-state index contributed by atoms with van der Waals surface area (Å²) >= 11 is 11.8. The summed E-state index contributed by atoms with van der Waals surface area (Å²) in [5, 5.41) is 11.4. The number of nitrogens with zero attached hydrogens (tertiary/aromatic N) is 3. The van der Waals surface area contributed by atoms with Crippen LogP contribution in [0.15, 0.2) is 30.5 Å². The van der Waals surface area contributed by atoms with E-state index in [0.717, 1.165) is 0 Å². The molecule has 2 aromatic rings. The molecule has 1 unspecified atom stereocenters. The van der Waals surface area contributed by atoms with Crippen LogP contribution in [0.3, 0.4) is 0 Å². The molecule has 3 rings (SSSR count). The standard InChI is InChI=1S/C15H12Cl2FN3O3/c16-10-7-11(17)12(18)6-9(10)14-8-20(4-5-24-14)15-13(21(22)23)2-1-3-19-15/h1-3,6-7,14H,4-5,8H2. The van der Waals surface area contributed by atoms with Crippen LogP contribution in [0.5, 0.6) is 0 Å². The largest absolute Gasteiger partial charge is 0.370 e. The van der Waals surface area contributed by atoms with Gasteiger partial charge in [0.2, 0.25) is 5.82 Å². The SMILES string of the molecule is O=[N+]([O-])c1cccnc1N1CCOC(c2cc(F)c(Cl)cc2Cl)C1. The molecule has 1 aliphatic rings. The van der Waals surface area contributed by atoms with Gasteiger partial charge in [-0.3, -0.25) is 10.1 Å². The third-order valence-electron chi connectivity index (χ3n) is 3.72. The second-order valence-corrected chi connectivity index (χ2v) is 6.01. The van der Waals surface area contributed by atoms with Crippen LogP contribution in [0.2, 0.25) is 10.0 Å². The van der Waals surface area contributed by atoms with Crippen LogP contribution in [0, 0.1) is 15.9 Å². The van der Waals surface area contributed by atoms with E-state index in [-0.39, 0.29) is 28.1 Å². The number of pyridine rings is 1. The van der Waals surface area contributed by atoms with Crippen molar-refractivity contribution in [1.29, 1.82) is 0 Å². The molecule has 9 heteroatoms. The first-order valence-electron chi connectivity index (χ1n) is 7.07. The fraction of sp³-hybridized carbons (Fsp3) is 0.267. The molecule has 1 atom stereocenters. The molecule has 0 aliphatic carbocycles. The third kappa shape index (κ3) is 3.28. The van der Waals surface area contributed by atoms with Crippen molar-refractivity contribution in [2.24, 2.45) is 0 Å². The van der Waals surface area contributed by atoms with Crippen molar-refractivity contribution in [3.63, 3.8) is 0 Å². The first-order chi connectivity index (χ1) is 11.5. The van der Waals surface area contributed by atoms with Gasteiger partial charge in [-0.2, -0.15) is 0 Å². The Kier molecular flexibility index (Phi) is 4.84. The molecule has 1 aromatic heterocycles. The van der Waals surface area contributed by atoms with E-state index in [9.17, 15) is 14.5 Å². The number of anilines is 1. The van der Waals surface area contributed by atoms with Gasteiger partial charge in [0.15, 0.2) is 0 Å². The lowest BCUT2D eigenvalue weighted by atomic mass is 10.1. The normalized spacial score (nSPS) is 17.8. The number of halogens is 3. The van der Waals surface area contributed by atoms with Crippen LogP contribution in [-0.4, -0.2) is 29.6 Å². The number of hydrogen-bond donors (Lipinski definition) is 0. The molecule has 126 valence electrons. The number of aromatic nitrogens is 1. The smallest absolute Gasteiger partial charge is 0.311 e. The fourth-order valence-electron chi connectivity index (χ4n) is 2.59. The molecular formula is C15H12Cl2FN3O3. The van der Waals surface area contributed by atoms with Crippen LogP contribution in [0.4, 0.5) is 15.9 Å². The van der Waals surface area contributed by atoms with E-state index in [1.807, 2.05) is 0 Å². The van der Waals surface area contributed by atoms with Gasteiger partial charge in [-0.15, -0.1) is 0 Å². The highest BCUT2D eigenvalue weighted by atomic mass is 35.5. The summed E-state index contributed by atoms with van der Waals surface area (Å²) in [6, 6.07) is 5.44. The van der Waals surface area contributed by atoms with Gasteiger partial charge < -0.3 is 9.64 Å². The summed E-state index contributed by atoms with van der Waals surface area (Å²) < 4.78 is 19.4. The molecule has 1 saturated heterocycles. The Balaban J connectivity index is 1.91. The van der Waals surface area contributed by atoms with E-state index in [4.69, 9.17) is 27.9 Å². The zero-order valence-corrected chi connectivity index (χ0v) is 13.8. The lowest BCUT2D eigenvalue weighted by molar-refractivity contribution is -0.384. The Labute approximate surface area is 146 Å². The van der Waals surface area contributed by atoms with Crippen LogP contribution >= 0.6 is 23.2 Å². The molecular weight excluding hydrogens is 360 g/mol. The summed E-state index contributed by atoms with van der Waals surface area (Å²) in [5.41, 5.74) is 0.355. The Bertz CT molecular complexity index is 791. The van der Waals surface area contributed by atoms with Crippen molar-refractivity contribution < 1.29 is 14.1 Å². The van der Waals surface area contributed by atoms with Crippen molar-refractivity contribution in [1.82, 2.24) is 4.98 Å². The zero-order chi connectivity index (χ0) is 17.3. The topological polar surface area (TPSA) is 68.5 Å². The van der Waals surface area contributed by atoms with Crippen LogP contribution < -0.4 is 4.90 Å². The van der Waals surface area contributed by atoms with Gasteiger partial charge in [0.05, 0.1) is 23.1 Å². The average Bonchev–Trinajstić information content (AvgIpc) is 2.58. The summed E-state index contributed by atoms with van der Waals surface area (Å²) in [6.45, 7) is 1.000. The van der Waals surface area contributed by atoms with E-state index in [0.29, 0.717) is 18.7 Å². The van der Waals surface area contributed by atoms with Crippen LogP contribution in [0.25, 0.3) is 0 Å². The second kappa shape index (κ2) is 6.88. The average molecular weight is 372 g/mol. The number of benzene rings is 1. The first-order valence-corrected chi connectivity index (χ1v) is 7.83. The van der Waals surface area contributed by atoms with Gasteiger partial charge in [-0.25, -0.2) is 9.37 Å². The molecule has 0 radical (unpaired) electrons. The highest BCUT2D eigenvalue weighted by Gasteiger charge is 2.29. The molecule has 2 heterocycles. The van der Waals surface area contributed by atoms with Crippen molar-refractivity contribution in [2.75, 3.05) is 24.6 Å². The van der Waals surface area contributed by atoms with E-state index in [1.54, 1.807) is 4.90 Å². The van der Waals surface area contributed by atoms with Crippen LogP contribution in [-0.2, 0) is 4.74 Å². The third-order valence-corrected chi connectivity index (χ3v) is 4.33. The van der Waals surface area contributed by atoms with Gasteiger partial charge in [0.25, 0.3) is 0 Å². The second-order valence-electron chi connectivity index (χ2n) is 5.20. The molecule has 6 nitrogen and oxygen atoms in total. The molecule has 0 N–H and O–H groups in total. The van der Waals surface area contributed by atoms with Crippen molar-refractivity contribution >= 4 is 34.7 Å². The Morgan fingerprint density at radius 3 is 2.92 bits per heavy atom. The highest BCUT2D eigenvalue weighted by molar-refractivity contribution is 6.35. The molecule has 1 aromatic carbocycles. The fourth-order valence-corrected chi connectivity index (χ4v) is 3.09. The monoisotopic (exact) mass is 371 g/mol. The van der Waals surface area contributed by atoms with E-state index in [2.05, 4.69) is 4.98 Å². The quantitative estimate of drug-likeness (QED) is 0.463. The van der Waals surface area contributed by atoms with Gasteiger partial charge in [-0.05, 0) is 18.2 Å². The maximum absolute atomic E-state index is 13.7. The number of ether oxygens (including phenoxy) is 1. The van der Waals surface area contributed by atoms with E-state index < -0.39 is 16.8 Å². The first kappa shape index (κ1) is 16.9. The maximum Gasteiger partial charge on any atom is 0.311 e. The van der Waals surface area contributed by atoms with Gasteiger partial charge in [0, 0.05) is 29.4 Å². The molecule has 0 saturated carbocycles. The number of rotatable bonds is 3. The predicted octanol–water partition coefficient (Wildman–Crippen LogP) is 4.01. The lowest BCUT2D eigenvalue weighted by Gasteiger charge is -2.34. The Morgan fingerprint density at radius 1 is 1.38 bits per heavy atom. The van der Waals surface area contributed by atoms with Gasteiger partial charge in [0.1, 0.15) is 11.9 Å². The predicted molar refractivity (Wildman–Crippen MR) is 88.2 cm³/mol. The molecule has 24 heavy (non-hydrogen) atoms. The van der Waals surface area contributed by atoms with Crippen molar-refractivity contribution in [3.8, 4) is 0 Å². The van der Waals surface area contributed by atoms with Crippen molar-refractivity contribution in [2.45, 2.75) is 6.10 Å². The number of morpholine rings is 1. The minimum atomic E-state index is -0.597. The summed E-state index contributed by atoms with van der Waals surface area (Å²) in [4.78, 5) is 16.5. The van der Waals surface area contributed by atoms with Crippen LogP contribution in [0.1, 0.15) is 11.7 Å². The molecule has 0 amide bonds. The number of hydrogen-bond acceptors (Lipinski definition) is 5. The molecule has 0 bridgehead atoms. The van der Waals surface area contributed by atoms with Gasteiger partial charge in [-0.1, -0.05) is 23.2 Å². The Morgan fingerprint density at radius 2 is 2.17 bits per heavy atom. The van der Waals surface area contributed by atoms with E-state index in [1.165, 1.54) is 30.5 Å². The molecule has 1 aliphatic heterocycles. The van der Waals surface area contributed by atoms with Crippen molar-refractivity contribution in [3.05, 3.63) is 62.0 Å². The highest BCUT2D eigenvalue weighted by Crippen LogP contribution is 2.35. The minimum absolute atomic E-state index is 0.0724. The summed E-state index contributed by atoms with van der Waals surface area (Å²) in [5.74, 6) is -0.345. The summed E-state index contributed by atoms with van der Waals surface area (Å²) in [7, 11) is 0. The van der Waals surface area contributed by atoms with E-state index >= 15 is 0 Å². The zero-order valence-electron chi connectivity index (χ0n) is 12.3. The summed E-state index contributed by atoms with van der Waals surface area (Å²) in [6.07, 6.45) is 0.946.